The number of pyridine rings is 1. The topological polar surface area (TPSA) is 48.1 Å². The maximum Gasteiger partial charge on any atom is 0.204 e. The van der Waals surface area contributed by atoms with E-state index in [2.05, 4.69) is 48.1 Å². The molecule has 0 unspecified atom stereocenters. The lowest BCUT2D eigenvalue weighted by atomic mass is 10.2. The van der Waals surface area contributed by atoms with Gasteiger partial charge in [-0.15, -0.1) is 5.10 Å². The first-order valence-corrected chi connectivity index (χ1v) is 11.0. The molecule has 0 radical (unpaired) electrons. The van der Waals surface area contributed by atoms with E-state index in [-0.39, 0.29) is 0 Å². The van der Waals surface area contributed by atoms with Crippen LogP contribution >= 0.6 is 12.2 Å². The van der Waals surface area contributed by atoms with Crippen molar-refractivity contribution in [1.29, 1.82) is 0 Å². The molecule has 2 aromatic carbocycles. The summed E-state index contributed by atoms with van der Waals surface area (Å²) in [4.78, 5) is 6.47. The van der Waals surface area contributed by atoms with Gasteiger partial charge in [0.15, 0.2) is 5.82 Å². The molecule has 0 aliphatic rings. The monoisotopic (exact) mass is 445 g/mol. The lowest BCUT2D eigenvalue weighted by molar-refractivity contribution is 0.244. The summed E-state index contributed by atoms with van der Waals surface area (Å²) in [7, 11) is 2.06. The number of para-hydroxylation sites is 1. The molecule has 0 amide bonds. The second-order valence-electron chi connectivity index (χ2n) is 7.70. The van der Waals surface area contributed by atoms with Crippen LogP contribution < -0.4 is 4.74 Å². The summed E-state index contributed by atoms with van der Waals surface area (Å²) in [6.07, 6.45) is 3.58. The van der Waals surface area contributed by atoms with Crippen molar-refractivity contribution in [3.8, 4) is 22.8 Å². The highest BCUT2D eigenvalue weighted by molar-refractivity contribution is 7.71. The van der Waals surface area contributed by atoms with Crippen LogP contribution in [0.5, 0.6) is 5.75 Å². The molecule has 0 saturated carbocycles. The van der Waals surface area contributed by atoms with Gasteiger partial charge in [0.1, 0.15) is 5.75 Å². The molecule has 2 heterocycles. The van der Waals surface area contributed by atoms with Crippen LogP contribution in [0, 0.1) is 11.7 Å². The van der Waals surface area contributed by atoms with Gasteiger partial charge in [0, 0.05) is 24.5 Å². The minimum atomic E-state index is 0.568. The van der Waals surface area contributed by atoms with E-state index in [9.17, 15) is 0 Å². The Morgan fingerprint density at radius 3 is 2.50 bits per heavy atom. The Labute approximate surface area is 193 Å². The summed E-state index contributed by atoms with van der Waals surface area (Å²) in [5, 5.41) is 4.89. The Balaban J connectivity index is 1.64. The van der Waals surface area contributed by atoms with E-state index in [1.165, 1.54) is 5.56 Å². The molecule has 4 rings (SSSR count). The molecule has 0 N–H and O–H groups in total. The third-order valence-electron chi connectivity index (χ3n) is 5.18. The van der Waals surface area contributed by atoms with E-state index >= 15 is 0 Å². The Hall–Kier alpha value is -3.29. The van der Waals surface area contributed by atoms with Crippen LogP contribution in [0.1, 0.15) is 18.1 Å². The number of benzene rings is 2. The predicted octanol–water partition coefficient (Wildman–Crippen LogP) is 5.26. The van der Waals surface area contributed by atoms with Gasteiger partial charge in [0.25, 0.3) is 0 Å². The number of ether oxygens (including phenoxy) is 1. The van der Waals surface area contributed by atoms with Gasteiger partial charge in [0.05, 0.1) is 19.0 Å². The average Bonchev–Trinajstić information content (AvgIpc) is 3.12. The van der Waals surface area contributed by atoms with Crippen molar-refractivity contribution in [2.24, 2.45) is 0 Å². The molecular weight excluding hydrogens is 418 g/mol. The third kappa shape index (κ3) is 4.79. The molecule has 0 atom stereocenters. The van der Waals surface area contributed by atoms with Gasteiger partial charge in [0.2, 0.25) is 4.77 Å². The maximum absolute atomic E-state index is 5.88. The molecule has 2 aromatic heterocycles. The van der Waals surface area contributed by atoms with Crippen molar-refractivity contribution in [1.82, 2.24) is 24.2 Å². The van der Waals surface area contributed by atoms with Crippen molar-refractivity contribution in [3.05, 3.63) is 89.0 Å². The molecule has 0 spiro atoms. The second-order valence-corrected chi connectivity index (χ2v) is 8.07. The minimum Gasteiger partial charge on any atom is -0.494 e. The van der Waals surface area contributed by atoms with E-state index in [1.54, 1.807) is 6.20 Å². The minimum absolute atomic E-state index is 0.568. The number of hydrogen-bond donors (Lipinski definition) is 0. The number of hydrogen-bond acceptors (Lipinski definition) is 5. The van der Waals surface area contributed by atoms with Crippen LogP contribution in [0.2, 0.25) is 0 Å². The maximum atomic E-state index is 5.88. The van der Waals surface area contributed by atoms with Gasteiger partial charge in [-0.3, -0.25) is 14.5 Å². The van der Waals surface area contributed by atoms with Crippen LogP contribution in [0.3, 0.4) is 0 Å². The fourth-order valence-electron chi connectivity index (χ4n) is 3.66. The number of aryl methyl sites for hydroxylation is 1. The van der Waals surface area contributed by atoms with E-state index in [0.717, 1.165) is 34.9 Å². The SMILES string of the molecule is CCOc1ccc(CN(C)Cn2nc(-c3cccnc3)n(-c3ccccc3C)c2=S)cc1. The van der Waals surface area contributed by atoms with Crippen molar-refractivity contribution in [2.45, 2.75) is 27.1 Å². The van der Waals surface area contributed by atoms with Gasteiger partial charge in [-0.1, -0.05) is 30.3 Å². The van der Waals surface area contributed by atoms with Gasteiger partial charge in [-0.05, 0) is 74.6 Å². The summed E-state index contributed by atoms with van der Waals surface area (Å²) in [5.74, 6) is 1.67. The van der Waals surface area contributed by atoms with Gasteiger partial charge >= 0.3 is 0 Å². The lowest BCUT2D eigenvalue weighted by Gasteiger charge is -2.17. The van der Waals surface area contributed by atoms with Crippen LogP contribution in [0.15, 0.2) is 73.1 Å². The van der Waals surface area contributed by atoms with Crippen LogP contribution in [-0.2, 0) is 13.2 Å². The van der Waals surface area contributed by atoms with Crippen molar-refractivity contribution in [2.75, 3.05) is 13.7 Å². The summed E-state index contributed by atoms with van der Waals surface area (Å²) in [6.45, 7) is 6.08. The first kappa shape index (κ1) is 21.9. The quantitative estimate of drug-likeness (QED) is 0.346. The third-order valence-corrected chi connectivity index (χ3v) is 5.57. The van der Waals surface area contributed by atoms with E-state index in [1.807, 2.05) is 58.8 Å². The molecule has 0 aliphatic heterocycles. The predicted molar refractivity (Wildman–Crippen MR) is 129 cm³/mol. The largest absolute Gasteiger partial charge is 0.494 e. The summed E-state index contributed by atoms with van der Waals surface area (Å²) < 4.78 is 10.1. The lowest BCUT2D eigenvalue weighted by Crippen LogP contribution is -2.22. The summed E-state index contributed by atoms with van der Waals surface area (Å²) >= 11 is 5.88. The molecule has 4 aromatic rings. The van der Waals surface area contributed by atoms with Gasteiger partial charge in [-0.2, -0.15) is 0 Å². The van der Waals surface area contributed by atoms with E-state index in [0.29, 0.717) is 18.0 Å². The molecule has 0 fully saturated rings. The molecular formula is C25H27N5OS. The normalized spacial score (nSPS) is 11.1. The smallest absolute Gasteiger partial charge is 0.204 e. The molecule has 164 valence electrons. The Kier molecular flexibility index (Phi) is 6.78. The first-order chi connectivity index (χ1) is 15.6. The van der Waals surface area contributed by atoms with E-state index in [4.69, 9.17) is 22.1 Å². The van der Waals surface area contributed by atoms with Gasteiger partial charge < -0.3 is 4.74 Å². The summed E-state index contributed by atoms with van der Waals surface area (Å²) in [6, 6.07) is 20.3. The fourth-order valence-corrected chi connectivity index (χ4v) is 3.94. The number of aromatic nitrogens is 4. The van der Waals surface area contributed by atoms with Crippen LogP contribution in [-0.4, -0.2) is 37.9 Å². The number of nitrogens with zero attached hydrogens (tertiary/aromatic N) is 5. The highest BCUT2D eigenvalue weighted by Gasteiger charge is 2.17. The highest BCUT2D eigenvalue weighted by atomic mass is 32.1. The number of rotatable bonds is 8. The van der Waals surface area contributed by atoms with Crippen molar-refractivity contribution >= 4 is 12.2 Å². The zero-order valence-corrected chi connectivity index (χ0v) is 19.4. The zero-order chi connectivity index (χ0) is 22.5. The molecule has 7 heteroatoms. The second kappa shape index (κ2) is 9.89. The highest BCUT2D eigenvalue weighted by Crippen LogP contribution is 2.24. The average molecular weight is 446 g/mol. The van der Waals surface area contributed by atoms with Crippen LogP contribution in [0.4, 0.5) is 0 Å². The van der Waals surface area contributed by atoms with E-state index < -0.39 is 0 Å². The molecule has 0 bridgehead atoms. The van der Waals surface area contributed by atoms with Crippen molar-refractivity contribution < 1.29 is 4.74 Å². The summed E-state index contributed by atoms with van der Waals surface area (Å²) in [5.41, 5.74) is 4.29. The Morgan fingerprint density at radius 2 is 1.81 bits per heavy atom. The molecule has 6 nitrogen and oxygen atoms in total. The molecule has 0 saturated heterocycles. The van der Waals surface area contributed by atoms with Crippen molar-refractivity contribution in [3.63, 3.8) is 0 Å². The first-order valence-electron chi connectivity index (χ1n) is 10.6. The zero-order valence-electron chi connectivity index (χ0n) is 18.6. The fraction of sp³-hybridized carbons (Fsp3) is 0.240. The molecule has 32 heavy (non-hydrogen) atoms. The van der Waals surface area contributed by atoms with Gasteiger partial charge in [-0.25, -0.2) is 4.68 Å². The Morgan fingerprint density at radius 1 is 1.03 bits per heavy atom. The molecule has 0 aliphatic carbocycles. The Bertz CT molecular complexity index is 1230. The standard InChI is InChI=1S/C25H27N5OS/c1-4-31-22-13-11-20(12-14-22)17-28(3)18-29-25(32)30(23-10-6-5-8-19(23)2)24(27-29)21-9-7-15-26-16-21/h5-16H,4,17-18H2,1-3H3. The van der Waals surface area contributed by atoms with Crippen LogP contribution in [0.25, 0.3) is 17.1 Å².